The number of hydrogen-bond donors (Lipinski definition) is 1. The molecule has 0 saturated heterocycles. The van der Waals surface area contributed by atoms with E-state index in [0.717, 1.165) is 18.5 Å². The third-order valence-corrected chi connectivity index (χ3v) is 3.20. The SMILES string of the molecule is CCC(C)n1ccc(COCC(C)(N)CC)n1. The van der Waals surface area contributed by atoms with Crippen molar-refractivity contribution in [2.45, 2.75) is 58.7 Å². The summed E-state index contributed by atoms with van der Waals surface area (Å²) in [6, 6.07) is 2.45. The highest BCUT2D eigenvalue weighted by Gasteiger charge is 2.15. The Morgan fingerprint density at radius 3 is 2.82 bits per heavy atom. The Bertz CT molecular complexity index is 333. The molecule has 0 aromatic carbocycles. The van der Waals surface area contributed by atoms with Crippen molar-refractivity contribution in [3.8, 4) is 0 Å². The Morgan fingerprint density at radius 1 is 1.53 bits per heavy atom. The van der Waals surface area contributed by atoms with Gasteiger partial charge >= 0.3 is 0 Å². The van der Waals surface area contributed by atoms with Crippen LogP contribution in [0.2, 0.25) is 0 Å². The van der Waals surface area contributed by atoms with E-state index in [2.05, 4.69) is 25.9 Å². The second kappa shape index (κ2) is 6.17. The normalized spacial score (nSPS) is 16.8. The molecule has 0 radical (unpaired) electrons. The number of hydrogen-bond acceptors (Lipinski definition) is 3. The number of nitrogens with zero attached hydrogens (tertiary/aromatic N) is 2. The summed E-state index contributed by atoms with van der Waals surface area (Å²) in [7, 11) is 0. The second-order valence-electron chi connectivity index (χ2n) is 5.04. The van der Waals surface area contributed by atoms with E-state index in [1.54, 1.807) is 0 Å². The molecule has 4 nitrogen and oxygen atoms in total. The van der Waals surface area contributed by atoms with Gasteiger partial charge in [0.25, 0.3) is 0 Å². The lowest BCUT2D eigenvalue weighted by atomic mass is 10.0. The Labute approximate surface area is 104 Å². The first-order chi connectivity index (χ1) is 7.98. The standard InChI is InChI=1S/C13H25N3O/c1-5-11(3)16-8-7-12(15-16)9-17-10-13(4,14)6-2/h7-8,11H,5-6,9-10,14H2,1-4H3. The van der Waals surface area contributed by atoms with Crippen LogP contribution in [0.1, 0.15) is 52.3 Å². The van der Waals surface area contributed by atoms with E-state index >= 15 is 0 Å². The van der Waals surface area contributed by atoms with Crippen molar-refractivity contribution in [1.29, 1.82) is 0 Å². The molecule has 0 aliphatic carbocycles. The predicted molar refractivity (Wildman–Crippen MR) is 69.8 cm³/mol. The summed E-state index contributed by atoms with van der Waals surface area (Å²) < 4.78 is 7.59. The molecule has 2 N–H and O–H groups in total. The summed E-state index contributed by atoms with van der Waals surface area (Å²) in [6.07, 6.45) is 4.00. The van der Waals surface area contributed by atoms with Crippen LogP contribution in [-0.2, 0) is 11.3 Å². The van der Waals surface area contributed by atoms with Gasteiger partial charge in [-0.3, -0.25) is 4.68 Å². The van der Waals surface area contributed by atoms with Gasteiger partial charge in [0.05, 0.1) is 18.9 Å². The third kappa shape index (κ3) is 4.48. The monoisotopic (exact) mass is 239 g/mol. The fourth-order valence-electron chi connectivity index (χ4n) is 1.38. The number of ether oxygens (including phenoxy) is 1. The zero-order valence-corrected chi connectivity index (χ0v) is 11.4. The Kier molecular flexibility index (Phi) is 5.15. The maximum Gasteiger partial charge on any atom is 0.0907 e. The minimum Gasteiger partial charge on any atom is -0.373 e. The lowest BCUT2D eigenvalue weighted by Gasteiger charge is -2.21. The van der Waals surface area contributed by atoms with E-state index < -0.39 is 0 Å². The second-order valence-corrected chi connectivity index (χ2v) is 5.04. The Hall–Kier alpha value is -0.870. The minimum atomic E-state index is -0.237. The van der Waals surface area contributed by atoms with Gasteiger partial charge in [0, 0.05) is 17.8 Å². The van der Waals surface area contributed by atoms with Crippen molar-refractivity contribution in [3.05, 3.63) is 18.0 Å². The van der Waals surface area contributed by atoms with Crippen molar-refractivity contribution < 1.29 is 4.74 Å². The number of aromatic nitrogens is 2. The van der Waals surface area contributed by atoms with Crippen LogP contribution in [0.15, 0.2) is 12.3 Å². The van der Waals surface area contributed by atoms with Gasteiger partial charge in [-0.15, -0.1) is 0 Å². The molecule has 4 heteroatoms. The summed E-state index contributed by atoms with van der Waals surface area (Å²) >= 11 is 0. The molecule has 0 aliphatic rings. The zero-order chi connectivity index (χ0) is 12.9. The molecule has 98 valence electrons. The van der Waals surface area contributed by atoms with E-state index in [1.807, 2.05) is 23.9 Å². The van der Waals surface area contributed by atoms with E-state index in [4.69, 9.17) is 10.5 Å². The largest absolute Gasteiger partial charge is 0.373 e. The zero-order valence-electron chi connectivity index (χ0n) is 11.4. The summed E-state index contributed by atoms with van der Waals surface area (Å²) in [5.41, 5.74) is 6.74. The molecule has 1 aromatic rings. The first kappa shape index (κ1) is 14.2. The van der Waals surface area contributed by atoms with Crippen molar-refractivity contribution in [1.82, 2.24) is 9.78 Å². The van der Waals surface area contributed by atoms with E-state index in [9.17, 15) is 0 Å². The molecule has 0 amide bonds. The highest BCUT2D eigenvalue weighted by atomic mass is 16.5. The minimum absolute atomic E-state index is 0.237. The van der Waals surface area contributed by atoms with Crippen LogP contribution in [0, 0.1) is 0 Å². The molecular weight excluding hydrogens is 214 g/mol. The molecule has 17 heavy (non-hydrogen) atoms. The van der Waals surface area contributed by atoms with Gasteiger partial charge < -0.3 is 10.5 Å². The maximum absolute atomic E-state index is 6.00. The lowest BCUT2D eigenvalue weighted by molar-refractivity contribution is 0.0753. The molecule has 0 saturated carbocycles. The van der Waals surface area contributed by atoms with Gasteiger partial charge in [0.1, 0.15) is 0 Å². The molecule has 2 unspecified atom stereocenters. The smallest absolute Gasteiger partial charge is 0.0907 e. The Balaban J connectivity index is 2.40. The molecular formula is C13H25N3O. The van der Waals surface area contributed by atoms with Gasteiger partial charge in [-0.1, -0.05) is 13.8 Å². The van der Waals surface area contributed by atoms with Crippen LogP contribution in [0.4, 0.5) is 0 Å². The van der Waals surface area contributed by atoms with Gasteiger partial charge in [-0.25, -0.2) is 0 Å². The first-order valence-electron chi connectivity index (χ1n) is 6.39. The van der Waals surface area contributed by atoms with Crippen molar-refractivity contribution in [2.75, 3.05) is 6.61 Å². The van der Waals surface area contributed by atoms with Gasteiger partial charge in [-0.2, -0.15) is 5.10 Å². The summed E-state index contributed by atoms with van der Waals surface area (Å²) in [4.78, 5) is 0. The van der Waals surface area contributed by atoms with Gasteiger partial charge in [0.15, 0.2) is 0 Å². The van der Waals surface area contributed by atoms with Crippen LogP contribution in [-0.4, -0.2) is 21.9 Å². The fourth-order valence-corrected chi connectivity index (χ4v) is 1.38. The number of nitrogens with two attached hydrogens (primary N) is 1. The van der Waals surface area contributed by atoms with E-state index in [1.165, 1.54) is 0 Å². The lowest BCUT2D eigenvalue weighted by Crippen LogP contribution is -2.40. The topological polar surface area (TPSA) is 53.1 Å². The molecule has 0 fully saturated rings. The fraction of sp³-hybridized carbons (Fsp3) is 0.769. The number of rotatable bonds is 7. The first-order valence-corrected chi connectivity index (χ1v) is 6.39. The van der Waals surface area contributed by atoms with Crippen LogP contribution < -0.4 is 5.73 Å². The van der Waals surface area contributed by atoms with E-state index in [0.29, 0.717) is 19.3 Å². The predicted octanol–water partition coefficient (Wildman–Crippen LogP) is 2.50. The molecule has 0 spiro atoms. The summed E-state index contributed by atoms with van der Waals surface area (Å²) in [5, 5.41) is 4.48. The van der Waals surface area contributed by atoms with Crippen molar-refractivity contribution >= 4 is 0 Å². The molecule has 1 rings (SSSR count). The average molecular weight is 239 g/mol. The average Bonchev–Trinajstić information content (AvgIpc) is 2.76. The van der Waals surface area contributed by atoms with Crippen molar-refractivity contribution in [3.63, 3.8) is 0 Å². The highest BCUT2D eigenvalue weighted by molar-refractivity contribution is 4.98. The van der Waals surface area contributed by atoms with Crippen LogP contribution in [0.3, 0.4) is 0 Å². The quantitative estimate of drug-likeness (QED) is 0.795. The van der Waals surface area contributed by atoms with Crippen LogP contribution in [0.5, 0.6) is 0 Å². The van der Waals surface area contributed by atoms with Gasteiger partial charge in [0.2, 0.25) is 0 Å². The highest BCUT2D eigenvalue weighted by Crippen LogP contribution is 2.11. The Morgan fingerprint density at radius 2 is 2.24 bits per heavy atom. The molecule has 0 aliphatic heterocycles. The van der Waals surface area contributed by atoms with Gasteiger partial charge in [-0.05, 0) is 32.8 Å². The van der Waals surface area contributed by atoms with Crippen molar-refractivity contribution in [2.24, 2.45) is 5.73 Å². The summed E-state index contributed by atoms with van der Waals surface area (Å²) in [5.74, 6) is 0. The molecule has 1 aromatic heterocycles. The van der Waals surface area contributed by atoms with Crippen LogP contribution >= 0.6 is 0 Å². The van der Waals surface area contributed by atoms with E-state index in [-0.39, 0.29) is 5.54 Å². The molecule has 0 bridgehead atoms. The third-order valence-electron chi connectivity index (χ3n) is 3.20. The molecule has 2 atom stereocenters. The summed E-state index contributed by atoms with van der Waals surface area (Å²) in [6.45, 7) is 9.50. The maximum atomic E-state index is 6.00. The molecule has 1 heterocycles. The van der Waals surface area contributed by atoms with Crippen LogP contribution in [0.25, 0.3) is 0 Å².